The highest BCUT2D eigenvalue weighted by atomic mass is 32.2. The molecule has 8 nitrogen and oxygen atoms in total. The molecular weight excluding hydrogens is 388 g/mol. The Labute approximate surface area is 169 Å². The van der Waals surface area contributed by atoms with E-state index in [-0.39, 0.29) is 6.04 Å². The standard InChI is InChI=1S/C20H23N6O2S/c1-13-12-28-10-9-26(13)17-11-16(20(5-6-20)29(2,21)27)24-19(25-17)15-4-8-23-18-14(15)3-7-22-18/h3-4,7-9,11,13,21H,5-6,10,12H2,1-2H3,(H,22,23)/q+1/t13-,29-/m1/s1. The van der Waals surface area contributed by atoms with E-state index in [1.807, 2.05) is 30.6 Å². The Bertz CT molecular complexity index is 1240. The molecule has 9 heteroatoms. The quantitative estimate of drug-likeness (QED) is 0.642. The van der Waals surface area contributed by atoms with Crippen LogP contribution in [0.2, 0.25) is 0 Å². The van der Waals surface area contributed by atoms with Crippen LogP contribution in [0.5, 0.6) is 0 Å². The third-order valence-electron chi connectivity index (χ3n) is 5.82. The summed E-state index contributed by atoms with van der Waals surface area (Å²) in [5, 5.41) is 0.933. The first-order chi connectivity index (χ1) is 13.9. The Balaban J connectivity index is 1.75. The summed E-state index contributed by atoms with van der Waals surface area (Å²) in [5.74, 6) is 1.31. The van der Waals surface area contributed by atoms with E-state index < -0.39 is 14.5 Å². The van der Waals surface area contributed by atoms with Crippen LogP contribution < -0.4 is 0 Å². The van der Waals surface area contributed by atoms with Gasteiger partial charge in [0.15, 0.2) is 0 Å². The van der Waals surface area contributed by atoms with Crippen LogP contribution in [0.25, 0.3) is 22.4 Å². The normalized spacial score (nSPS) is 22.8. The predicted octanol–water partition coefficient (Wildman–Crippen LogP) is 2.82. The van der Waals surface area contributed by atoms with Crippen molar-refractivity contribution in [3.05, 3.63) is 36.3 Å². The van der Waals surface area contributed by atoms with Crippen molar-refractivity contribution in [2.24, 2.45) is 0 Å². The molecule has 0 spiro atoms. The number of pyridine rings is 1. The van der Waals surface area contributed by atoms with Gasteiger partial charge in [-0.25, -0.2) is 18.8 Å². The van der Waals surface area contributed by atoms with E-state index in [0.29, 0.717) is 37.6 Å². The van der Waals surface area contributed by atoms with Gasteiger partial charge in [0.2, 0.25) is 0 Å². The third kappa shape index (κ3) is 2.96. The third-order valence-corrected chi connectivity index (χ3v) is 7.93. The maximum Gasteiger partial charge on any atom is 0.327 e. The van der Waals surface area contributed by atoms with Crippen LogP contribution in [0, 0.1) is 4.78 Å². The molecule has 0 amide bonds. The molecule has 0 aromatic carbocycles. The summed E-state index contributed by atoms with van der Waals surface area (Å²) in [6.45, 7) is 3.20. The van der Waals surface area contributed by atoms with Gasteiger partial charge in [-0.1, -0.05) is 0 Å². The molecule has 5 rings (SSSR count). The molecule has 4 heterocycles. The van der Waals surface area contributed by atoms with Gasteiger partial charge in [-0.05, 0) is 36.9 Å². The highest BCUT2D eigenvalue weighted by Crippen LogP contribution is 2.52. The number of fused-ring (bicyclic) bond motifs is 1. The van der Waals surface area contributed by atoms with Gasteiger partial charge in [-0.2, -0.15) is 0 Å². The van der Waals surface area contributed by atoms with E-state index in [9.17, 15) is 4.21 Å². The summed E-state index contributed by atoms with van der Waals surface area (Å²) in [4.78, 5) is 17.2. The maximum atomic E-state index is 12.8. The summed E-state index contributed by atoms with van der Waals surface area (Å²) in [6.07, 6.45) is 8.48. The zero-order valence-electron chi connectivity index (χ0n) is 16.4. The molecule has 3 aromatic rings. The zero-order valence-corrected chi connectivity index (χ0v) is 17.2. The number of ether oxygens (including phenoxy) is 1. The number of hydrogen-bond donors (Lipinski definition) is 2. The van der Waals surface area contributed by atoms with Crippen LogP contribution in [-0.4, -0.2) is 60.4 Å². The van der Waals surface area contributed by atoms with Crippen LogP contribution in [0.15, 0.2) is 30.6 Å². The average Bonchev–Trinajstić information content (AvgIpc) is 3.39. The Morgan fingerprint density at radius 2 is 2.17 bits per heavy atom. The smallest absolute Gasteiger partial charge is 0.327 e. The molecule has 2 N–H and O–H groups in total. The first-order valence-corrected chi connectivity index (χ1v) is 11.6. The highest BCUT2D eigenvalue weighted by Gasteiger charge is 2.53. The molecule has 150 valence electrons. The van der Waals surface area contributed by atoms with Crippen LogP contribution >= 0.6 is 0 Å². The monoisotopic (exact) mass is 411 g/mol. The van der Waals surface area contributed by atoms with Gasteiger partial charge in [0.05, 0.1) is 44.6 Å². The molecule has 1 saturated carbocycles. The fourth-order valence-corrected chi connectivity index (χ4v) is 5.37. The van der Waals surface area contributed by atoms with Crippen molar-refractivity contribution in [3.8, 4) is 11.4 Å². The van der Waals surface area contributed by atoms with Crippen LogP contribution in [0.1, 0.15) is 25.5 Å². The van der Waals surface area contributed by atoms with Crippen LogP contribution in [0.4, 0.5) is 5.82 Å². The highest BCUT2D eigenvalue weighted by molar-refractivity contribution is 7.92. The van der Waals surface area contributed by atoms with Gasteiger partial charge in [0, 0.05) is 24.0 Å². The van der Waals surface area contributed by atoms with Crippen molar-refractivity contribution >= 4 is 32.8 Å². The second-order valence-electron chi connectivity index (χ2n) is 7.85. The van der Waals surface area contributed by atoms with Crippen molar-refractivity contribution in [2.75, 3.05) is 19.5 Å². The lowest BCUT2D eigenvalue weighted by Gasteiger charge is -2.20. The second kappa shape index (κ2) is 6.43. The Hall–Kier alpha value is -2.65. The summed E-state index contributed by atoms with van der Waals surface area (Å²) in [7, 11) is -2.80. The predicted molar refractivity (Wildman–Crippen MR) is 111 cm³/mol. The van der Waals surface area contributed by atoms with Gasteiger partial charge in [0.1, 0.15) is 18.3 Å². The molecule has 29 heavy (non-hydrogen) atoms. The van der Waals surface area contributed by atoms with E-state index in [1.54, 1.807) is 6.20 Å². The fourth-order valence-electron chi connectivity index (χ4n) is 3.99. The summed E-state index contributed by atoms with van der Waals surface area (Å²) < 4.78 is 28.0. The van der Waals surface area contributed by atoms with E-state index in [4.69, 9.17) is 19.5 Å². The molecule has 1 aliphatic carbocycles. The molecule has 2 atom stereocenters. The van der Waals surface area contributed by atoms with Crippen LogP contribution in [0.3, 0.4) is 0 Å². The van der Waals surface area contributed by atoms with E-state index in [0.717, 1.165) is 22.4 Å². The summed E-state index contributed by atoms with van der Waals surface area (Å²) in [5.41, 5.74) is 2.32. The number of H-pyrrole nitrogens is 1. The number of nitrogens with zero attached hydrogens (tertiary/aromatic N) is 4. The lowest BCUT2D eigenvalue weighted by molar-refractivity contribution is -0.494. The molecule has 0 bridgehead atoms. The summed E-state index contributed by atoms with van der Waals surface area (Å²) >= 11 is 0. The van der Waals surface area contributed by atoms with Crippen LogP contribution in [-0.2, 0) is 19.2 Å². The SMILES string of the molecule is C[C@@H]1COCC=[N+]1c1cc(C2([S@](C)(=N)=O)CC2)nc(-c2ccnc3[nH]ccc23)n1. The van der Waals surface area contributed by atoms with Crippen molar-refractivity contribution in [1.29, 1.82) is 4.78 Å². The van der Waals surface area contributed by atoms with Crippen molar-refractivity contribution in [3.63, 3.8) is 0 Å². The minimum Gasteiger partial charge on any atom is -0.369 e. The number of hydrogen-bond acceptors (Lipinski definition) is 6. The zero-order chi connectivity index (χ0) is 20.2. The van der Waals surface area contributed by atoms with Crippen molar-refractivity contribution in [2.45, 2.75) is 30.6 Å². The minimum atomic E-state index is -2.80. The number of nitrogens with one attached hydrogen (secondary N) is 2. The molecule has 1 fully saturated rings. The van der Waals surface area contributed by atoms with Gasteiger partial charge >= 0.3 is 5.82 Å². The molecule has 0 radical (unpaired) electrons. The largest absolute Gasteiger partial charge is 0.369 e. The van der Waals surface area contributed by atoms with Gasteiger partial charge in [0.25, 0.3) is 5.82 Å². The average molecular weight is 412 g/mol. The number of aromatic nitrogens is 4. The maximum absolute atomic E-state index is 12.8. The van der Waals surface area contributed by atoms with E-state index in [2.05, 4.69) is 21.5 Å². The van der Waals surface area contributed by atoms with Gasteiger partial charge in [-0.15, -0.1) is 0 Å². The second-order valence-corrected chi connectivity index (χ2v) is 10.3. The lowest BCUT2D eigenvalue weighted by atomic mass is 10.1. The Morgan fingerprint density at radius 3 is 2.90 bits per heavy atom. The Morgan fingerprint density at radius 1 is 1.34 bits per heavy atom. The minimum absolute atomic E-state index is 0.126. The molecule has 1 aliphatic heterocycles. The molecule has 2 aliphatic rings. The summed E-state index contributed by atoms with van der Waals surface area (Å²) in [6, 6.07) is 5.88. The topological polar surface area (TPSA) is 108 Å². The molecule has 0 unspecified atom stereocenters. The van der Waals surface area contributed by atoms with Gasteiger partial charge in [-0.3, -0.25) is 4.78 Å². The number of aromatic amines is 1. The van der Waals surface area contributed by atoms with E-state index >= 15 is 0 Å². The molecular formula is C20H23N6O2S+. The molecule has 3 aromatic heterocycles. The molecule has 0 saturated heterocycles. The van der Waals surface area contributed by atoms with Crippen molar-refractivity contribution < 1.29 is 13.5 Å². The fraction of sp³-hybridized carbons (Fsp3) is 0.400. The number of rotatable bonds is 4. The first-order valence-electron chi connectivity index (χ1n) is 9.64. The van der Waals surface area contributed by atoms with E-state index in [1.165, 1.54) is 6.26 Å². The lowest BCUT2D eigenvalue weighted by Crippen LogP contribution is -2.32. The van der Waals surface area contributed by atoms with Gasteiger partial charge < -0.3 is 9.72 Å². The Kier molecular flexibility index (Phi) is 4.08. The van der Waals surface area contributed by atoms with Crippen molar-refractivity contribution in [1.82, 2.24) is 19.9 Å². The first kappa shape index (κ1) is 18.4.